The van der Waals surface area contributed by atoms with Gasteiger partial charge < -0.3 is 11.1 Å². The SMILES string of the molecule is CC(N)CCCC(=O)Nc1sc2c(c1C#N)CCC(C)C2. The van der Waals surface area contributed by atoms with E-state index in [-0.39, 0.29) is 11.9 Å². The second-order valence-electron chi connectivity index (χ2n) is 6.09. The normalized spacial score (nSPS) is 18.7. The van der Waals surface area contributed by atoms with E-state index in [1.165, 1.54) is 4.88 Å². The molecule has 2 unspecified atom stereocenters. The van der Waals surface area contributed by atoms with Crippen LogP contribution in [0.2, 0.25) is 0 Å². The van der Waals surface area contributed by atoms with E-state index < -0.39 is 0 Å². The minimum absolute atomic E-state index is 0.0150. The van der Waals surface area contributed by atoms with E-state index >= 15 is 0 Å². The van der Waals surface area contributed by atoms with Gasteiger partial charge in [0.1, 0.15) is 11.1 Å². The lowest BCUT2D eigenvalue weighted by molar-refractivity contribution is -0.116. The second kappa shape index (κ2) is 7.06. The van der Waals surface area contributed by atoms with Crippen molar-refractivity contribution in [2.24, 2.45) is 11.7 Å². The number of nitriles is 1. The molecule has 0 bridgehead atoms. The lowest BCUT2D eigenvalue weighted by atomic mass is 9.88. The molecule has 2 rings (SSSR count). The van der Waals surface area contributed by atoms with Crippen molar-refractivity contribution in [3.8, 4) is 6.07 Å². The maximum absolute atomic E-state index is 12.0. The van der Waals surface area contributed by atoms with Gasteiger partial charge in [-0.3, -0.25) is 4.79 Å². The third-order valence-corrected chi connectivity index (χ3v) is 5.11. The summed E-state index contributed by atoms with van der Waals surface area (Å²) in [5, 5.41) is 13.0. The van der Waals surface area contributed by atoms with Gasteiger partial charge in [-0.05, 0) is 50.5 Å². The molecule has 2 atom stereocenters. The molecule has 5 heteroatoms. The molecule has 1 aliphatic rings. The molecule has 1 aliphatic carbocycles. The predicted octanol–water partition coefficient (Wildman–Crippen LogP) is 3.20. The first-order valence-corrected chi connectivity index (χ1v) is 8.43. The van der Waals surface area contributed by atoms with Crippen LogP contribution < -0.4 is 11.1 Å². The zero-order chi connectivity index (χ0) is 15.4. The highest BCUT2D eigenvalue weighted by molar-refractivity contribution is 7.16. The Morgan fingerprint density at radius 3 is 3.05 bits per heavy atom. The minimum atomic E-state index is -0.0150. The molecule has 4 nitrogen and oxygen atoms in total. The summed E-state index contributed by atoms with van der Waals surface area (Å²) in [5.41, 5.74) is 7.52. The van der Waals surface area contributed by atoms with Gasteiger partial charge in [0.2, 0.25) is 5.91 Å². The van der Waals surface area contributed by atoms with E-state index in [4.69, 9.17) is 5.73 Å². The lowest BCUT2D eigenvalue weighted by Gasteiger charge is -2.17. The number of nitrogens with one attached hydrogen (secondary N) is 1. The van der Waals surface area contributed by atoms with Crippen molar-refractivity contribution in [2.75, 3.05) is 5.32 Å². The van der Waals surface area contributed by atoms with E-state index in [1.54, 1.807) is 11.3 Å². The van der Waals surface area contributed by atoms with Gasteiger partial charge in [-0.25, -0.2) is 0 Å². The van der Waals surface area contributed by atoms with Gasteiger partial charge >= 0.3 is 0 Å². The molecule has 0 radical (unpaired) electrons. The molecule has 0 saturated heterocycles. The Kier molecular flexibility index (Phi) is 5.38. The maximum Gasteiger partial charge on any atom is 0.225 e. The summed E-state index contributed by atoms with van der Waals surface area (Å²) in [7, 11) is 0. The van der Waals surface area contributed by atoms with Gasteiger partial charge in [0.05, 0.1) is 5.56 Å². The predicted molar refractivity (Wildman–Crippen MR) is 86.4 cm³/mol. The number of nitrogens with zero attached hydrogens (tertiary/aromatic N) is 1. The fourth-order valence-corrected chi connectivity index (χ4v) is 4.11. The summed E-state index contributed by atoms with van der Waals surface area (Å²) in [6, 6.07) is 2.40. The smallest absolute Gasteiger partial charge is 0.225 e. The standard InChI is InChI=1S/C16H23N3OS/c1-10-6-7-12-13(9-17)16(21-14(12)8-10)19-15(20)5-3-4-11(2)18/h10-11H,3-8,18H2,1-2H3,(H,19,20). The molecule has 0 fully saturated rings. The number of fused-ring (bicyclic) bond motifs is 1. The quantitative estimate of drug-likeness (QED) is 0.876. The van der Waals surface area contributed by atoms with Crippen molar-refractivity contribution in [3.63, 3.8) is 0 Å². The zero-order valence-corrected chi connectivity index (χ0v) is 13.6. The monoisotopic (exact) mass is 305 g/mol. The Bertz CT molecular complexity index is 557. The third-order valence-electron chi connectivity index (χ3n) is 3.94. The first kappa shape index (κ1) is 16.0. The van der Waals surface area contributed by atoms with E-state index in [1.807, 2.05) is 6.92 Å². The summed E-state index contributed by atoms with van der Waals surface area (Å²) in [4.78, 5) is 13.3. The first-order valence-electron chi connectivity index (χ1n) is 7.61. The Morgan fingerprint density at radius 1 is 1.62 bits per heavy atom. The number of rotatable bonds is 5. The molecule has 3 N–H and O–H groups in total. The Labute approximate surface area is 130 Å². The van der Waals surface area contributed by atoms with E-state index in [0.29, 0.717) is 17.9 Å². The molecular formula is C16H23N3OS. The number of thiophene rings is 1. The van der Waals surface area contributed by atoms with E-state index in [0.717, 1.165) is 42.7 Å². The summed E-state index contributed by atoms with van der Waals surface area (Å²) >= 11 is 1.58. The first-order chi connectivity index (χ1) is 10.0. The van der Waals surface area contributed by atoms with Crippen LogP contribution in [0.1, 0.15) is 55.5 Å². The Morgan fingerprint density at radius 2 is 2.38 bits per heavy atom. The highest BCUT2D eigenvalue weighted by atomic mass is 32.1. The van der Waals surface area contributed by atoms with Gasteiger partial charge in [0, 0.05) is 17.3 Å². The van der Waals surface area contributed by atoms with Crippen molar-refractivity contribution in [1.29, 1.82) is 5.26 Å². The fourth-order valence-electron chi connectivity index (χ4n) is 2.73. The molecule has 21 heavy (non-hydrogen) atoms. The number of carbonyl (C=O) groups is 1. The molecule has 0 aromatic carbocycles. The van der Waals surface area contributed by atoms with Crippen LogP contribution in [0.25, 0.3) is 0 Å². The average Bonchev–Trinajstić information content (AvgIpc) is 2.74. The minimum Gasteiger partial charge on any atom is -0.328 e. The van der Waals surface area contributed by atoms with Crippen molar-refractivity contribution >= 4 is 22.2 Å². The van der Waals surface area contributed by atoms with Crippen molar-refractivity contribution in [1.82, 2.24) is 0 Å². The van der Waals surface area contributed by atoms with Crippen LogP contribution in [-0.4, -0.2) is 11.9 Å². The average molecular weight is 305 g/mol. The number of amides is 1. The van der Waals surface area contributed by atoms with Gasteiger partial charge in [0.25, 0.3) is 0 Å². The highest BCUT2D eigenvalue weighted by Gasteiger charge is 2.24. The molecule has 0 aliphatic heterocycles. The lowest BCUT2D eigenvalue weighted by Crippen LogP contribution is -2.16. The molecule has 114 valence electrons. The number of hydrogen-bond acceptors (Lipinski definition) is 4. The fraction of sp³-hybridized carbons (Fsp3) is 0.625. The molecule has 1 aromatic heterocycles. The van der Waals surface area contributed by atoms with Crippen LogP contribution in [-0.2, 0) is 17.6 Å². The summed E-state index contributed by atoms with van der Waals surface area (Å²) in [6.07, 6.45) is 5.20. The largest absolute Gasteiger partial charge is 0.328 e. The van der Waals surface area contributed by atoms with Crippen LogP contribution in [0, 0.1) is 17.2 Å². The summed E-state index contributed by atoms with van der Waals surface area (Å²) in [6.45, 7) is 4.18. The second-order valence-corrected chi connectivity index (χ2v) is 7.19. The highest BCUT2D eigenvalue weighted by Crippen LogP contribution is 2.39. The molecule has 1 amide bonds. The van der Waals surface area contributed by atoms with E-state index in [9.17, 15) is 10.1 Å². The van der Waals surface area contributed by atoms with Gasteiger partial charge in [-0.1, -0.05) is 6.92 Å². The summed E-state index contributed by atoms with van der Waals surface area (Å²) in [5.74, 6) is 0.649. The molecule has 1 heterocycles. The maximum atomic E-state index is 12.0. The van der Waals surface area contributed by atoms with E-state index in [2.05, 4.69) is 18.3 Å². The Balaban J connectivity index is 2.03. The molecule has 1 aromatic rings. The van der Waals surface area contributed by atoms with Gasteiger partial charge in [-0.15, -0.1) is 11.3 Å². The van der Waals surface area contributed by atoms with Crippen molar-refractivity contribution in [3.05, 3.63) is 16.0 Å². The van der Waals surface area contributed by atoms with Crippen LogP contribution in [0.15, 0.2) is 0 Å². The van der Waals surface area contributed by atoms with Crippen LogP contribution in [0.4, 0.5) is 5.00 Å². The van der Waals surface area contributed by atoms with Crippen LogP contribution in [0.3, 0.4) is 0 Å². The molecule has 0 saturated carbocycles. The number of nitrogens with two attached hydrogens (primary N) is 1. The number of anilines is 1. The number of hydrogen-bond donors (Lipinski definition) is 2. The zero-order valence-electron chi connectivity index (χ0n) is 12.7. The van der Waals surface area contributed by atoms with Crippen LogP contribution >= 0.6 is 11.3 Å². The summed E-state index contributed by atoms with van der Waals surface area (Å²) < 4.78 is 0. The topological polar surface area (TPSA) is 78.9 Å². The third kappa shape index (κ3) is 4.05. The molecular weight excluding hydrogens is 282 g/mol. The van der Waals surface area contributed by atoms with Gasteiger partial charge in [-0.2, -0.15) is 5.26 Å². The van der Waals surface area contributed by atoms with Crippen molar-refractivity contribution in [2.45, 2.75) is 58.4 Å². The Hall–Kier alpha value is -1.38. The van der Waals surface area contributed by atoms with Crippen LogP contribution in [0.5, 0.6) is 0 Å². The number of carbonyl (C=O) groups excluding carboxylic acids is 1. The van der Waals surface area contributed by atoms with Crippen molar-refractivity contribution < 1.29 is 4.79 Å². The van der Waals surface area contributed by atoms with Gasteiger partial charge in [0.15, 0.2) is 0 Å². The molecule has 0 spiro atoms.